The van der Waals surface area contributed by atoms with Gasteiger partial charge in [-0.3, -0.25) is 5.41 Å². The normalized spacial score (nSPS) is 9.76. The number of nitrogens with one attached hydrogen (secondary N) is 1. The van der Waals surface area contributed by atoms with Crippen LogP contribution in [0.15, 0.2) is 5.38 Å². The molecule has 0 amide bonds. The van der Waals surface area contributed by atoms with Gasteiger partial charge in [0.25, 0.3) is 0 Å². The molecule has 1 aromatic rings. The summed E-state index contributed by atoms with van der Waals surface area (Å²) < 4.78 is 9.41. The highest BCUT2D eigenvalue weighted by atomic mass is 32.1. The van der Waals surface area contributed by atoms with Crippen LogP contribution in [-0.4, -0.2) is 35.8 Å². The minimum atomic E-state index is -0.756. The smallest absolute Gasteiger partial charge is 0.367 e. The summed E-state index contributed by atoms with van der Waals surface area (Å²) in [4.78, 5) is 26.4. The molecule has 17 heavy (non-hydrogen) atoms. The molecular formula is C10H12N2O4S. The Morgan fingerprint density at radius 3 is 2.59 bits per heavy atom. The molecule has 0 aliphatic rings. The van der Waals surface area contributed by atoms with E-state index in [9.17, 15) is 9.59 Å². The van der Waals surface area contributed by atoms with Crippen LogP contribution >= 0.6 is 11.3 Å². The molecule has 0 spiro atoms. The topological polar surface area (TPSA) is 89.3 Å². The van der Waals surface area contributed by atoms with Crippen molar-refractivity contribution in [1.29, 1.82) is 5.41 Å². The number of carbonyl (C=O) groups excluding carboxylic acids is 2. The van der Waals surface area contributed by atoms with Crippen LogP contribution < -0.4 is 0 Å². The van der Waals surface area contributed by atoms with Crippen molar-refractivity contribution in [1.82, 2.24) is 4.98 Å². The lowest BCUT2D eigenvalue weighted by atomic mass is 10.3. The number of thiazole rings is 1. The van der Waals surface area contributed by atoms with Crippen LogP contribution in [0.3, 0.4) is 0 Å². The molecule has 0 saturated heterocycles. The summed E-state index contributed by atoms with van der Waals surface area (Å²) >= 11 is 1.03. The van der Waals surface area contributed by atoms with E-state index in [1.165, 1.54) is 5.38 Å². The fraction of sp³-hybridized carbons (Fsp3) is 0.400. The third-order valence-electron chi connectivity index (χ3n) is 1.69. The SMILES string of the molecule is CCOC(=O)C(=N)c1csc(C(=O)OCC)n1. The minimum Gasteiger partial charge on any atom is -0.461 e. The van der Waals surface area contributed by atoms with Gasteiger partial charge in [0.05, 0.1) is 13.2 Å². The molecule has 1 heterocycles. The zero-order valence-corrected chi connectivity index (χ0v) is 10.3. The Balaban J connectivity index is 2.77. The standard InChI is InChI=1S/C10H12N2O4S/c1-3-15-9(13)7(11)6-5-17-8(12-6)10(14)16-4-2/h5,11H,3-4H2,1-2H3. The molecule has 92 valence electrons. The van der Waals surface area contributed by atoms with Gasteiger partial charge in [-0.25, -0.2) is 14.6 Å². The van der Waals surface area contributed by atoms with Crippen molar-refractivity contribution in [2.45, 2.75) is 13.8 Å². The van der Waals surface area contributed by atoms with E-state index >= 15 is 0 Å². The molecule has 1 N–H and O–H groups in total. The first-order valence-corrected chi connectivity index (χ1v) is 5.86. The third kappa shape index (κ3) is 3.35. The zero-order chi connectivity index (χ0) is 12.8. The summed E-state index contributed by atoms with van der Waals surface area (Å²) in [7, 11) is 0. The highest BCUT2D eigenvalue weighted by Gasteiger charge is 2.19. The summed E-state index contributed by atoms with van der Waals surface area (Å²) in [6.07, 6.45) is 0. The van der Waals surface area contributed by atoms with Gasteiger partial charge in [-0.2, -0.15) is 0 Å². The van der Waals surface area contributed by atoms with Crippen molar-refractivity contribution in [3.05, 3.63) is 16.1 Å². The summed E-state index contributed by atoms with van der Waals surface area (Å²) in [5.41, 5.74) is -0.241. The van der Waals surface area contributed by atoms with Gasteiger partial charge >= 0.3 is 11.9 Å². The molecule has 6 nitrogen and oxygen atoms in total. The monoisotopic (exact) mass is 256 g/mol. The van der Waals surface area contributed by atoms with Crippen molar-refractivity contribution in [2.75, 3.05) is 13.2 Å². The molecule has 1 aromatic heterocycles. The van der Waals surface area contributed by atoms with Gasteiger partial charge in [0.15, 0.2) is 5.71 Å². The van der Waals surface area contributed by atoms with Crippen LogP contribution in [0.25, 0.3) is 0 Å². The summed E-state index contributed by atoms with van der Waals surface area (Å²) in [6.45, 7) is 3.78. The second-order valence-corrected chi connectivity index (χ2v) is 3.71. The van der Waals surface area contributed by atoms with Crippen LogP contribution in [0.1, 0.15) is 29.3 Å². The Hall–Kier alpha value is -1.76. The molecule has 0 atom stereocenters. The molecular weight excluding hydrogens is 244 g/mol. The first-order valence-electron chi connectivity index (χ1n) is 4.98. The van der Waals surface area contributed by atoms with Crippen LogP contribution in [0.5, 0.6) is 0 Å². The van der Waals surface area contributed by atoms with Gasteiger partial charge in [-0.15, -0.1) is 11.3 Å². The first kappa shape index (κ1) is 13.3. The molecule has 0 aliphatic heterocycles. The molecule has 0 bridgehead atoms. The molecule has 7 heteroatoms. The molecule has 0 saturated carbocycles. The lowest BCUT2D eigenvalue weighted by Gasteiger charge is -2.00. The van der Waals surface area contributed by atoms with Gasteiger partial charge in [0.2, 0.25) is 5.01 Å². The predicted octanol–water partition coefficient (Wildman–Crippen LogP) is 1.25. The summed E-state index contributed by atoms with van der Waals surface area (Å²) in [5, 5.41) is 9.08. The van der Waals surface area contributed by atoms with E-state index in [2.05, 4.69) is 9.72 Å². The molecule has 0 radical (unpaired) electrons. The van der Waals surface area contributed by atoms with Crippen LogP contribution in [0.4, 0.5) is 0 Å². The largest absolute Gasteiger partial charge is 0.461 e. The fourth-order valence-electron chi connectivity index (χ4n) is 0.983. The van der Waals surface area contributed by atoms with Gasteiger partial charge in [0.1, 0.15) is 5.69 Å². The Morgan fingerprint density at radius 1 is 1.35 bits per heavy atom. The van der Waals surface area contributed by atoms with E-state index in [-0.39, 0.29) is 29.6 Å². The van der Waals surface area contributed by atoms with E-state index < -0.39 is 11.9 Å². The molecule has 0 aliphatic carbocycles. The Morgan fingerprint density at radius 2 is 2.00 bits per heavy atom. The molecule has 0 aromatic carbocycles. The van der Waals surface area contributed by atoms with E-state index in [0.29, 0.717) is 0 Å². The van der Waals surface area contributed by atoms with E-state index in [0.717, 1.165) is 11.3 Å². The van der Waals surface area contributed by atoms with Crippen LogP contribution in [-0.2, 0) is 14.3 Å². The minimum absolute atomic E-state index is 0.121. The highest BCUT2D eigenvalue weighted by Crippen LogP contribution is 2.12. The molecule has 0 fully saturated rings. The van der Waals surface area contributed by atoms with E-state index in [1.807, 2.05) is 0 Å². The average Bonchev–Trinajstić information content (AvgIpc) is 2.78. The lowest BCUT2D eigenvalue weighted by Crippen LogP contribution is -2.18. The summed E-state index contributed by atoms with van der Waals surface area (Å²) in [5.74, 6) is -1.31. The second-order valence-electron chi connectivity index (χ2n) is 2.85. The van der Waals surface area contributed by atoms with Crippen molar-refractivity contribution >= 4 is 29.0 Å². The van der Waals surface area contributed by atoms with Crippen molar-refractivity contribution in [2.24, 2.45) is 0 Å². The van der Waals surface area contributed by atoms with E-state index in [1.54, 1.807) is 13.8 Å². The number of aromatic nitrogens is 1. The molecule has 0 unspecified atom stereocenters. The van der Waals surface area contributed by atoms with E-state index in [4.69, 9.17) is 10.1 Å². The quantitative estimate of drug-likeness (QED) is 0.632. The number of rotatable bonds is 5. The molecule has 1 rings (SSSR count). The van der Waals surface area contributed by atoms with Crippen molar-refractivity contribution < 1.29 is 19.1 Å². The third-order valence-corrected chi connectivity index (χ3v) is 2.51. The highest BCUT2D eigenvalue weighted by molar-refractivity contribution is 7.11. The van der Waals surface area contributed by atoms with Gasteiger partial charge < -0.3 is 9.47 Å². The van der Waals surface area contributed by atoms with Crippen molar-refractivity contribution in [3.63, 3.8) is 0 Å². The van der Waals surface area contributed by atoms with Gasteiger partial charge in [-0.1, -0.05) is 0 Å². The van der Waals surface area contributed by atoms with Gasteiger partial charge in [0, 0.05) is 5.38 Å². The number of nitrogens with zero attached hydrogens (tertiary/aromatic N) is 1. The maximum atomic E-state index is 11.3. The number of esters is 2. The summed E-state index contributed by atoms with van der Waals surface area (Å²) in [6, 6.07) is 0. The predicted molar refractivity (Wildman–Crippen MR) is 61.5 cm³/mol. The fourth-order valence-corrected chi connectivity index (χ4v) is 1.68. The number of hydrogen-bond donors (Lipinski definition) is 1. The Labute approximate surface area is 102 Å². The Bertz CT molecular complexity index is 441. The average molecular weight is 256 g/mol. The van der Waals surface area contributed by atoms with Gasteiger partial charge in [-0.05, 0) is 13.8 Å². The van der Waals surface area contributed by atoms with Crippen LogP contribution in [0.2, 0.25) is 0 Å². The Kier molecular flexibility index (Phi) is 4.77. The number of ether oxygens (including phenoxy) is 2. The number of carbonyl (C=O) groups is 2. The maximum Gasteiger partial charge on any atom is 0.367 e. The number of hydrogen-bond acceptors (Lipinski definition) is 7. The maximum absolute atomic E-state index is 11.3. The zero-order valence-electron chi connectivity index (χ0n) is 9.48. The van der Waals surface area contributed by atoms with Crippen LogP contribution in [0, 0.1) is 5.41 Å². The second kappa shape index (κ2) is 6.09. The van der Waals surface area contributed by atoms with Crippen molar-refractivity contribution in [3.8, 4) is 0 Å². The first-order chi connectivity index (χ1) is 8.10. The lowest BCUT2D eigenvalue weighted by molar-refractivity contribution is -0.135.